The number of carbonyl (C=O) groups is 1. The van der Waals surface area contributed by atoms with E-state index in [2.05, 4.69) is 20.8 Å². The highest BCUT2D eigenvalue weighted by molar-refractivity contribution is 5.96. The zero-order chi connectivity index (χ0) is 13.7. The van der Waals surface area contributed by atoms with Gasteiger partial charge in [0.25, 0.3) is 5.91 Å². The molecular formula is C13H22N4O2. The highest BCUT2D eigenvalue weighted by Crippen LogP contribution is 2.09. The molecule has 0 bridgehead atoms. The van der Waals surface area contributed by atoms with Gasteiger partial charge in [-0.25, -0.2) is 0 Å². The van der Waals surface area contributed by atoms with E-state index in [0.29, 0.717) is 24.8 Å². The van der Waals surface area contributed by atoms with Gasteiger partial charge < -0.3 is 15.4 Å². The maximum Gasteiger partial charge on any atom is 0.255 e. The summed E-state index contributed by atoms with van der Waals surface area (Å²) in [4.78, 5) is 12.0. The number of aromatic nitrogens is 2. The van der Waals surface area contributed by atoms with Gasteiger partial charge in [0.05, 0.1) is 24.0 Å². The molecule has 0 aliphatic carbocycles. The van der Waals surface area contributed by atoms with Crippen molar-refractivity contribution < 1.29 is 9.53 Å². The van der Waals surface area contributed by atoms with E-state index in [1.165, 1.54) is 0 Å². The van der Waals surface area contributed by atoms with Crippen molar-refractivity contribution in [3.05, 3.63) is 17.0 Å². The molecule has 2 heterocycles. The first-order valence-electron chi connectivity index (χ1n) is 6.80. The van der Waals surface area contributed by atoms with Crippen molar-refractivity contribution in [2.45, 2.75) is 32.8 Å². The predicted molar refractivity (Wildman–Crippen MR) is 72.2 cm³/mol. The van der Waals surface area contributed by atoms with Crippen molar-refractivity contribution in [2.75, 3.05) is 26.2 Å². The molecule has 1 aromatic heterocycles. The average molecular weight is 266 g/mol. The molecule has 1 saturated heterocycles. The van der Waals surface area contributed by atoms with Gasteiger partial charge in [-0.1, -0.05) is 0 Å². The van der Waals surface area contributed by atoms with E-state index < -0.39 is 0 Å². The fraction of sp³-hybridized carbons (Fsp3) is 0.692. The van der Waals surface area contributed by atoms with Crippen LogP contribution in [-0.2, 0) is 4.74 Å². The number of nitrogens with one attached hydrogen (secondary N) is 3. The van der Waals surface area contributed by atoms with Gasteiger partial charge in [0, 0.05) is 12.2 Å². The Kier molecular flexibility index (Phi) is 4.93. The second-order valence-corrected chi connectivity index (χ2v) is 4.89. The monoisotopic (exact) mass is 266 g/mol. The number of piperidine rings is 1. The number of hydrogen-bond donors (Lipinski definition) is 3. The van der Waals surface area contributed by atoms with E-state index in [4.69, 9.17) is 4.74 Å². The van der Waals surface area contributed by atoms with Crippen LogP contribution in [-0.4, -0.2) is 48.4 Å². The zero-order valence-electron chi connectivity index (χ0n) is 11.6. The molecule has 0 aromatic carbocycles. The van der Waals surface area contributed by atoms with Crippen molar-refractivity contribution in [1.29, 1.82) is 0 Å². The van der Waals surface area contributed by atoms with Gasteiger partial charge in [0.15, 0.2) is 0 Å². The summed E-state index contributed by atoms with van der Waals surface area (Å²) in [6.45, 7) is 6.80. The molecule has 0 unspecified atom stereocenters. The lowest BCUT2D eigenvalue weighted by molar-refractivity contribution is 0.0343. The molecule has 0 spiro atoms. The SMILES string of the molecule is Cc1n[nH]c(C)c1C(=O)NCCOC1CCNCC1. The van der Waals surface area contributed by atoms with Crippen LogP contribution in [0.5, 0.6) is 0 Å². The highest BCUT2D eigenvalue weighted by atomic mass is 16.5. The van der Waals surface area contributed by atoms with Crippen LogP contribution in [0.3, 0.4) is 0 Å². The Morgan fingerprint density at radius 2 is 2.16 bits per heavy atom. The molecule has 1 fully saturated rings. The lowest BCUT2D eigenvalue weighted by atomic mass is 10.1. The van der Waals surface area contributed by atoms with Crippen molar-refractivity contribution in [2.24, 2.45) is 0 Å². The Bertz CT molecular complexity index is 405. The molecule has 1 aliphatic rings. The average Bonchev–Trinajstić information content (AvgIpc) is 2.75. The maximum absolute atomic E-state index is 12.0. The fourth-order valence-electron chi connectivity index (χ4n) is 2.33. The Hall–Kier alpha value is -1.40. The van der Waals surface area contributed by atoms with Gasteiger partial charge in [-0.2, -0.15) is 5.10 Å². The van der Waals surface area contributed by atoms with E-state index in [1.54, 1.807) is 0 Å². The molecular weight excluding hydrogens is 244 g/mol. The summed E-state index contributed by atoms with van der Waals surface area (Å²) in [6.07, 6.45) is 2.43. The first kappa shape index (κ1) is 14.0. The summed E-state index contributed by atoms with van der Waals surface area (Å²) in [5.74, 6) is -0.0855. The number of aryl methyl sites for hydroxylation is 2. The Balaban J connectivity index is 1.69. The second-order valence-electron chi connectivity index (χ2n) is 4.89. The Labute approximate surface area is 113 Å². The van der Waals surface area contributed by atoms with Crippen LogP contribution in [0.1, 0.15) is 34.6 Å². The largest absolute Gasteiger partial charge is 0.376 e. The quantitative estimate of drug-likeness (QED) is 0.679. The summed E-state index contributed by atoms with van der Waals surface area (Å²) in [5.41, 5.74) is 2.17. The van der Waals surface area contributed by atoms with Crippen molar-refractivity contribution in [1.82, 2.24) is 20.8 Å². The smallest absolute Gasteiger partial charge is 0.255 e. The lowest BCUT2D eigenvalue weighted by Gasteiger charge is -2.22. The summed E-state index contributed by atoms with van der Waals surface area (Å²) in [5, 5.41) is 13.0. The van der Waals surface area contributed by atoms with Crippen LogP contribution in [0.15, 0.2) is 0 Å². The van der Waals surface area contributed by atoms with E-state index in [-0.39, 0.29) is 5.91 Å². The molecule has 0 radical (unpaired) electrons. The number of carbonyl (C=O) groups excluding carboxylic acids is 1. The van der Waals surface area contributed by atoms with Crippen LogP contribution in [0.25, 0.3) is 0 Å². The molecule has 6 nitrogen and oxygen atoms in total. The van der Waals surface area contributed by atoms with Gasteiger partial charge in [0.2, 0.25) is 0 Å². The highest BCUT2D eigenvalue weighted by Gasteiger charge is 2.15. The molecule has 19 heavy (non-hydrogen) atoms. The first-order chi connectivity index (χ1) is 9.18. The van der Waals surface area contributed by atoms with Crippen LogP contribution in [0.4, 0.5) is 0 Å². The third-order valence-corrected chi connectivity index (χ3v) is 3.38. The number of nitrogens with zero attached hydrogens (tertiary/aromatic N) is 1. The number of ether oxygens (including phenoxy) is 1. The Morgan fingerprint density at radius 3 is 2.79 bits per heavy atom. The van der Waals surface area contributed by atoms with E-state index in [0.717, 1.165) is 37.3 Å². The van der Waals surface area contributed by atoms with Crippen molar-refractivity contribution in [3.63, 3.8) is 0 Å². The van der Waals surface area contributed by atoms with Crippen LogP contribution in [0.2, 0.25) is 0 Å². The molecule has 0 atom stereocenters. The normalized spacial score (nSPS) is 16.5. The first-order valence-corrected chi connectivity index (χ1v) is 6.80. The van der Waals surface area contributed by atoms with Crippen molar-refractivity contribution >= 4 is 5.91 Å². The molecule has 0 saturated carbocycles. The maximum atomic E-state index is 12.0. The Morgan fingerprint density at radius 1 is 1.42 bits per heavy atom. The number of hydrogen-bond acceptors (Lipinski definition) is 4. The van der Waals surface area contributed by atoms with Gasteiger partial charge in [0.1, 0.15) is 0 Å². The van der Waals surface area contributed by atoms with Crippen LogP contribution in [0, 0.1) is 13.8 Å². The number of amides is 1. The predicted octanol–water partition coefficient (Wildman–Crippen LogP) is 0.525. The molecule has 2 rings (SSSR count). The van der Waals surface area contributed by atoms with E-state index in [1.807, 2.05) is 13.8 Å². The minimum atomic E-state index is -0.0855. The molecule has 1 aromatic rings. The van der Waals surface area contributed by atoms with Gasteiger partial charge >= 0.3 is 0 Å². The third kappa shape index (κ3) is 3.78. The van der Waals surface area contributed by atoms with Gasteiger partial charge in [-0.15, -0.1) is 0 Å². The summed E-state index contributed by atoms with van der Waals surface area (Å²) in [6, 6.07) is 0. The topological polar surface area (TPSA) is 79.0 Å². The number of rotatable bonds is 5. The van der Waals surface area contributed by atoms with Crippen LogP contribution < -0.4 is 10.6 Å². The molecule has 1 aliphatic heterocycles. The van der Waals surface area contributed by atoms with Crippen LogP contribution >= 0.6 is 0 Å². The van der Waals surface area contributed by atoms with Gasteiger partial charge in [-0.3, -0.25) is 9.89 Å². The summed E-state index contributed by atoms with van der Waals surface area (Å²) in [7, 11) is 0. The standard InChI is InChI=1S/C13H22N4O2/c1-9-12(10(2)17-16-9)13(18)15-7-8-19-11-3-5-14-6-4-11/h11,14H,3-8H2,1-2H3,(H,15,18)(H,16,17). The minimum absolute atomic E-state index is 0.0855. The molecule has 106 valence electrons. The van der Waals surface area contributed by atoms with E-state index >= 15 is 0 Å². The molecule has 3 N–H and O–H groups in total. The summed E-state index contributed by atoms with van der Waals surface area (Å²) < 4.78 is 5.73. The lowest BCUT2D eigenvalue weighted by Crippen LogP contribution is -2.35. The number of H-pyrrole nitrogens is 1. The second kappa shape index (κ2) is 6.68. The minimum Gasteiger partial charge on any atom is -0.376 e. The fourth-order valence-corrected chi connectivity index (χ4v) is 2.33. The van der Waals surface area contributed by atoms with Gasteiger partial charge in [-0.05, 0) is 39.8 Å². The molecule has 6 heteroatoms. The zero-order valence-corrected chi connectivity index (χ0v) is 11.6. The summed E-state index contributed by atoms with van der Waals surface area (Å²) >= 11 is 0. The van der Waals surface area contributed by atoms with E-state index in [9.17, 15) is 4.79 Å². The third-order valence-electron chi connectivity index (χ3n) is 3.38. The van der Waals surface area contributed by atoms with Crippen molar-refractivity contribution in [3.8, 4) is 0 Å². The number of aromatic amines is 1. The molecule has 1 amide bonds.